The third-order valence-corrected chi connectivity index (χ3v) is 6.50. The molecule has 1 aromatic rings. The van der Waals surface area contributed by atoms with Gasteiger partial charge >= 0.3 is 0 Å². The minimum atomic E-state index is -3.34. The van der Waals surface area contributed by atoms with Crippen molar-refractivity contribution in [3.05, 3.63) is 30.3 Å². The second-order valence-corrected chi connectivity index (χ2v) is 8.94. The molecule has 1 fully saturated rings. The number of guanidine groups is 1. The summed E-state index contributed by atoms with van der Waals surface area (Å²) in [7, 11) is -1.66. The largest absolute Gasteiger partial charge is 0.379 e. The van der Waals surface area contributed by atoms with Crippen molar-refractivity contribution < 1.29 is 17.9 Å². The second-order valence-electron chi connectivity index (χ2n) is 6.91. The Kier molecular flexibility index (Phi) is 9.73. The molecule has 0 radical (unpaired) electrons. The zero-order chi connectivity index (χ0) is 20.2. The van der Waals surface area contributed by atoms with E-state index >= 15 is 0 Å². The van der Waals surface area contributed by atoms with Gasteiger partial charge in [-0.05, 0) is 37.8 Å². The molecule has 2 rings (SSSR count). The summed E-state index contributed by atoms with van der Waals surface area (Å²) in [6, 6.07) is 8.33. The fourth-order valence-corrected chi connectivity index (χ4v) is 4.62. The molecule has 28 heavy (non-hydrogen) atoms. The highest BCUT2D eigenvalue weighted by molar-refractivity contribution is 7.91. The van der Waals surface area contributed by atoms with Gasteiger partial charge in [0, 0.05) is 32.8 Å². The molecular formula is C20H33N3O4S. The molecule has 1 aliphatic heterocycles. The predicted molar refractivity (Wildman–Crippen MR) is 111 cm³/mol. The molecule has 0 spiro atoms. The van der Waals surface area contributed by atoms with Crippen LogP contribution in [0.4, 0.5) is 0 Å². The number of hydrogen-bond acceptors (Lipinski definition) is 5. The summed E-state index contributed by atoms with van der Waals surface area (Å²) in [5, 5.41) is 6.43. The standard InChI is InChI=1S/C20H33N3O4S/c1-3-17(16-28(24,25)19-10-5-4-6-11-19)23-20(21-2)22-12-8-13-26-15-18-9-7-14-27-18/h4-6,10-11,17-18H,3,7-9,12-16H2,1-2H3,(H2,21,22,23). The summed E-state index contributed by atoms with van der Waals surface area (Å²) in [4.78, 5) is 4.55. The van der Waals surface area contributed by atoms with Crippen molar-refractivity contribution in [2.24, 2.45) is 4.99 Å². The molecule has 1 saturated heterocycles. The van der Waals surface area contributed by atoms with Gasteiger partial charge in [-0.15, -0.1) is 0 Å². The lowest BCUT2D eigenvalue weighted by molar-refractivity contribution is 0.0168. The van der Waals surface area contributed by atoms with Gasteiger partial charge < -0.3 is 20.1 Å². The lowest BCUT2D eigenvalue weighted by atomic mass is 10.2. The van der Waals surface area contributed by atoms with Crippen LogP contribution in [0.15, 0.2) is 40.2 Å². The number of benzene rings is 1. The normalized spacial score (nSPS) is 18.8. The van der Waals surface area contributed by atoms with Crippen molar-refractivity contribution in [1.29, 1.82) is 0 Å². The quantitative estimate of drug-likeness (QED) is 0.329. The van der Waals surface area contributed by atoms with Gasteiger partial charge in [0.05, 0.1) is 23.4 Å². The fourth-order valence-electron chi connectivity index (χ4n) is 3.01. The molecule has 0 saturated carbocycles. The van der Waals surface area contributed by atoms with E-state index in [1.165, 1.54) is 0 Å². The minimum Gasteiger partial charge on any atom is -0.379 e. The maximum Gasteiger partial charge on any atom is 0.191 e. The van der Waals surface area contributed by atoms with E-state index in [1.807, 2.05) is 13.0 Å². The first kappa shape index (κ1) is 22.6. The zero-order valence-corrected chi connectivity index (χ0v) is 17.7. The monoisotopic (exact) mass is 411 g/mol. The summed E-state index contributed by atoms with van der Waals surface area (Å²) in [5.74, 6) is 0.632. The third-order valence-electron chi connectivity index (χ3n) is 4.67. The van der Waals surface area contributed by atoms with Gasteiger partial charge in [0.1, 0.15) is 0 Å². The first-order valence-electron chi connectivity index (χ1n) is 9.99. The topological polar surface area (TPSA) is 89.0 Å². The van der Waals surface area contributed by atoms with Crippen molar-refractivity contribution in [3.63, 3.8) is 0 Å². The molecule has 0 aromatic heterocycles. The van der Waals surface area contributed by atoms with E-state index < -0.39 is 9.84 Å². The minimum absolute atomic E-state index is 0.0265. The number of aliphatic imine (C=N–C) groups is 1. The van der Waals surface area contributed by atoms with E-state index in [9.17, 15) is 8.42 Å². The van der Waals surface area contributed by atoms with Crippen molar-refractivity contribution in [2.45, 2.75) is 49.6 Å². The van der Waals surface area contributed by atoms with Gasteiger partial charge in [-0.2, -0.15) is 0 Å². The van der Waals surface area contributed by atoms with Crippen LogP contribution in [0, 0.1) is 0 Å². The van der Waals surface area contributed by atoms with Crippen LogP contribution in [0.3, 0.4) is 0 Å². The second kappa shape index (κ2) is 12.0. The van der Waals surface area contributed by atoms with Crippen molar-refractivity contribution in [1.82, 2.24) is 10.6 Å². The van der Waals surface area contributed by atoms with E-state index in [0.717, 1.165) is 25.9 Å². The highest BCUT2D eigenvalue weighted by Gasteiger charge is 2.21. The molecule has 8 heteroatoms. The van der Waals surface area contributed by atoms with Crippen LogP contribution < -0.4 is 10.6 Å². The third kappa shape index (κ3) is 7.77. The molecule has 7 nitrogen and oxygen atoms in total. The summed E-state index contributed by atoms with van der Waals surface area (Å²) < 4.78 is 36.3. The van der Waals surface area contributed by atoms with Crippen LogP contribution in [0.25, 0.3) is 0 Å². The van der Waals surface area contributed by atoms with E-state index in [1.54, 1.807) is 31.3 Å². The molecule has 1 heterocycles. The highest BCUT2D eigenvalue weighted by atomic mass is 32.2. The Bertz CT molecular complexity index is 689. The Hall–Kier alpha value is -1.64. The van der Waals surface area contributed by atoms with Crippen LogP contribution in [0.1, 0.15) is 32.6 Å². The summed E-state index contributed by atoms with van der Waals surface area (Å²) in [5.41, 5.74) is 0. The number of ether oxygens (including phenoxy) is 2. The molecule has 2 atom stereocenters. The van der Waals surface area contributed by atoms with Gasteiger partial charge in [0.15, 0.2) is 15.8 Å². The molecule has 0 amide bonds. The smallest absolute Gasteiger partial charge is 0.191 e. The van der Waals surface area contributed by atoms with Gasteiger partial charge in [0.25, 0.3) is 0 Å². The molecule has 158 valence electrons. The van der Waals surface area contributed by atoms with Gasteiger partial charge in [-0.1, -0.05) is 25.1 Å². The Balaban J connectivity index is 1.70. The molecule has 1 aromatic carbocycles. The summed E-state index contributed by atoms with van der Waals surface area (Å²) >= 11 is 0. The molecule has 0 aliphatic carbocycles. The molecule has 1 aliphatic rings. The average molecular weight is 412 g/mol. The fraction of sp³-hybridized carbons (Fsp3) is 0.650. The number of rotatable bonds is 11. The van der Waals surface area contributed by atoms with Crippen LogP contribution in [0.2, 0.25) is 0 Å². The van der Waals surface area contributed by atoms with Crippen molar-refractivity contribution in [3.8, 4) is 0 Å². The lowest BCUT2D eigenvalue weighted by Crippen LogP contribution is -2.46. The first-order chi connectivity index (χ1) is 13.5. The maximum atomic E-state index is 12.6. The molecule has 0 bridgehead atoms. The van der Waals surface area contributed by atoms with Gasteiger partial charge in [0.2, 0.25) is 0 Å². The Labute approximate surface area is 168 Å². The summed E-state index contributed by atoms with van der Waals surface area (Å²) in [6.45, 7) is 4.82. The van der Waals surface area contributed by atoms with Crippen LogP contribution in [-0.4, -0.2) is 65.7 Å². The Morgan fingerprint density at radius 2 is 2.14 bits per heavy atom. The van der Waals surface area contributed by atoms with Crippen LogP contribution >= 0.6 is 0 Å². The van der Waals surface area contributed by atoms with Crippen molar-refractivity contribution in [2.75, 3.05) is 39.2 Å². The molecule has 2 N–H and O–H groups in total. The molecule has 2 unspecified atom stereocenters. The van der Waals surface area contributed by atoms with Crippen molar-refractivity contribution >= 4 is 15.8 Å². The van der Waals surface area contributed by atoms with Crippen LogP contribution in [0.5, 0.6) is 0 Å². The average Bonchev–Trinajstić information content (AvgIpc) is 3.23. The van der Waals surface area contributed by atoms with E-state index in [0.29, 0.717) is 37.0 Å². The lowest BCUT2D eigenvalue weighted by Gasteiger charge is -2.20. The van der Waals surface area contributed by atoms with Gasteiger partial charge in [-0.25, -0.2) is 8.42 Å². The van der Waals surface area contributed by atoms with E-state index in [2.05, 4.69) is 15.6 Å². The van der Waals surface area contributed by atoms with Gasteiger partial charge in [-0.3, -0.25) is 4.99 Å². The number of sulfone groups is 1. The summed E-state index contributed by atoms with van der Waals surface area (Å²) in [6.07, 6.45) is 3.97. The Morgan fingerprint density at radius 3 is 2.79 bits per heavy atom. The van der Waals surface area contributed by atoms with E-state index in [4.69, 9.17) is 9.47 Å². The first-order valence-corrected chi connectivity index (χ1v) is 11.6. The number of nitrogens with one attached hydrogen (secondary N) is 2. The predicted octanol–water partition coefficient (Wildman–Crippen LogP) is 1.99. The van der Waals surface area contributed by atoms with E-state index in [-0.39, 0.29) is 17.9 Å². The number of hydrogen-bond donors (Lipinski definition) is 2. The number of nitrogens with zero attached hydrogens (tertiary/aromatic N) is 1. The molecular weight excluding hydrogens is 378 g/mol. The zero-order valence-electron chi connectivity index (χ0n) is 16.9. The van der Waals surface area contributed by atoms with Crippen LogP contribution in [-0.2, 0) is 19.3 Å². The Morgan fingerprint density at radius 1 is 1.36 bits per heavy atom. The maximum absolute atomic E-state index is 12.6. The SMILES string of the molecule is CCC(CS(=O)(=O)c1ccccc1)NC(=NC)NCCCOCC1CCCO1. The highest BCUT2D eigenvalue weighted by Crippen LogP contribution is 2.13.